The molecule has 11 heteroatoms. The topological polar surface area (TPSA) is 121 Å². The van der Waals surface area contributed by atoms with E-state index in [9.17, 15) is 14.4 Å². The molecule has 0 unspecified atom stereocenters. The number of aromatic nitrogens is 2. The summed E-state index contributed by atoms with van der Waals surface area (Å²) in [7, 11) is 0. The Kier molecular flexibility index (Phi) is 11.6. The van der Waals surface area contributed by atoms with Gasteiger partial charge in [-0.15, -0.1) is 0 Å². The van der Waals surface area contributed by atoms with Gasteiger partial charge in [-0.2, -0.15) is 4.98 Å². The van der Waals surface area contributed by atoms with Crippen molar-refractivity contribution in [3.63, 3.8) is 0 Å². The Morgan fingerprint density at radius 1 is 0.979 bits per heavy atom. The molecule has 258 valence electrons. The smallest absolute Gasteiger partial charge is 0.255 e. The normalized spacial score (nSPS) is 20.4. The summed E-state index contributed by atoms with van der Waals surface area (Å²) in [5.41, 5.74) is 0.0251. The fraction of sp³-hybridized carbons (Fsp3) is 0.694. The van der Waals surface area contributed by atoms with E-state index in [4.69, 9.17) is 9.26 Å². The number of ether oxygens (including phenoxy) is 1. The van der Waals surface area contributed by atoms with Crippen molar-refractivity contribution in [2.24, 2.45) is 11.8 Å². The molecule has 2 aliphatic heterocycles. The van der Waals surface area contributed by atoms with Crippen molar-refractivity contribution in [3.05, 3.63) is 41.5 Å². The molecule has 2 saturated heterocycles. The molecule has 1 aromatic heterocycles. The molecule has 11 nitrogen and oxygen atoms in total. The number of carbonyl (C=O) groups is 3. The molecular formula is C36H54N6O5. The second-order valence-electron chi connectivity index (χ2n) is 15.0. The number of nitrogens with zero attached hydrogens (tertiary/aromatic N) is 5. The van der Waals surface area contributed by atoms with Crippen LogP contribution in [0.4, 0.5) is 0 Å². The molecule has 1 N–H and O–H groups in total. The van der Waals surface area contributed by atoms with Crippen molar-refractivity contribution < 1.29 is 23.6 Å². The zero-order valence-corrected chi connectivity index (χ0v) is 29.0. The van der Waals surface area contributed by atoms with Crippen LogP contribution in [0.15, 0.2) is 28.8 Å². The summed E-state index contributed by atoms with van der Waals surface area (Å²) in [6.07, 6.45) is 8.58. The highest BCUT2D eigenvalue weighted by molar-refractivity contribution is 6.00. The number of rotatable bonds is 11. The molecule has 3 aliphatic rings. The Labute approximate surface area is 279 Å². The highest BCUT2D eigenvalue weighted by Crippen LogP contribution is 2.27. The lowest BCUT2D eigenvalue weighted by Gasteiger charge is -2.39. The predicted octanol–water partition coefficient (Wildman–Crippen LogP) is 4.81. The summed E-state index contributed by atoms with van der Waals surface area (Å²) in [4.78, 5) is 52.1. The van der Waals surface area contributed by atoms with E-state index in [1.807, 2.05) is 39.5 Å². The van der Waals surface area contributed by atoms with Crippen LogP contribution in [0, 0.1) is 11.8 Å². The monoisotopic (exact) mass is 650 g/mol. The highest BCUT2D eigenvalue weighted by Gasteiger charge is 2.40. The minimum Gasteiger partial charge on any atom is -0.485 e. The molecule has 3 fully saturated rings. The van der Waals surface area contributed by atoms with Gasteiger partial charge in [0.1, 0.15) is 17.8 Å². The third-order valence-corrected chi connectivity index (χ3v) is 9.65. The standard InChI is InChI=1S/C36H54N6O5/c1-25(2)22-28(37-32(43)27-14-9-10-16-30(27)46-24-31-38-35(47-39-31)36(3,4)5)33(44)42-17-11-15-29(42)34(45)41-20-18-40(19-21-41)23-26-12-7-6-8-13-26/h9-10,14,16,25-26,28-29H,6-8,11-13,15,17-24H2,1-5H3,(H,37,43)/t28-,29-/m1/s1. The summed E-state index contributed by atoms with van der Waals surface area (Å²) in [5, 5.41) is 7.00. The second kappa shape index (κ2) is 15.6. The number of amides is 3. The lowest BCUT2D eigenvalue weighted by molar-refractivity contribution is -0.146. The van der Waals surface area contributed by atoms with Crippen molar-refractivity contribution in [1.82, 2.24) is 30.2 Å². The average Bonchev–Trinajstić information content (AvgIpc) is 3.74. The first-order chi connectivity index (χ1) is 22.5. The van der Waals surface area contributed by atoms with Crippen molar-refractivity contribution in [1.29, 1.82) is 0 Å². The molecule has 2 atom stereocenters. The first-order valence-corrected chi connectivity index (χ1v) is 17.7. The fourth-order valence-electron chi connectivity index (χ4n) is 7.05. The number of likely N-dealkylation sites (tertiary alicyclic amines) is 1. The Morgan fingerprint density at radius 2 is 1.70 bits per heavy atom. The van der Waals surface area contributed by atoms with Crippen LogP contribution in [-0.4, -0.2) is 93.9 Å². The second-order valence-corrected chi connectivity index (χ2v) is 15.0. The lowest BCUT2D eigenvalue weighted by Crippen LogP contribution is -2.57. The van der Waals surface area contributed by atoms with Gasteiger partial charge < -0.3 is 24.4 Å². The van der Waals surface area contributed by atoms with Crippen LogP contribution in [0.5, 0.6) is 5.75 Å². The molecule has 0 spiro atoms. The molecule has 1 aromatic carbocycles. The van der Waals surface area contributed by atoms with E-state index in [0.717, 1.165) is 32.0 Å². The number of hydrogen-bond acceptors (Lipinski definition) is 8. The third-order valence-electron chi connectivity index (χ3n) is 9.65. The van der Waals surface area contributed by atoms with E-state index < -0.39 is 18.0 Å². The number of piperazine rings is 1. The molecule has 2 aromatic rings. The van der Waals surface area contributed by atoms with E-state index in [1.165, 1.54) is 32.1 Å². The number of para-hydroxylation sites is 1. The van der Waals surface area contributed by atoms with Gasteiger partial charge in [0.05, 0.1) is 5.56 Å². The van der Waals surface area contributed by atoms with Gasteiger partial charge in [0, 0.05) is 44.7 Å². The minimum atomic E-state index is -0.761. The van der Waals surface area contributed by atoms with E-state index in [-0.39, 0.29) is 29.8 Å². The summed E-state index contributed by atoms with van der Waals surface area (Å²) >= 11 is 0. The minimum absolute atomic E-state index is 0.0324. The van der Waals surface area contributed by atoms with Crippen LogP contribution in [0.1, 0.15) is 108 Å². The van der Waals surface area contributed by atoms with Gasteiger partial charge >= 0.3 is 0 Å². The fourth-order valence-corrected chi connectivity index (χ4v) is 7.05. The van der Waals surface area contributed by atoms with Gasteiger partial charge in [-0.3, -0.25) is 19.3 Å². The van der Waals surface area contributed by atoms with Crippen LogP contribution in [0.3, 0.4) is 0 Å². The maximum Gasteiger partial charge on any atom is 0.255 e. The molecule has 5 rings (SSSR count). The largest absolute Gasteiger partial charge is 0.485 e. The van der Waals surface area contributed by atoms with Gasteiger partial charge in [0.15, 0.2) is 6.61 Å². The van der Waals surface area contributed by atoms with Crippen molar-refractivity contribution in [3.8, 4) is 5.75 Å². The van der Waals surface area contributed by atoms with Crippen LogP contribution >= 0.6 is 0 Å². The first kappa shape index (κ1) is 34.9. The van der Waals surface area contributed by atoms with Crippen LogP contribution in [0.2, 0.25) is 0 Å². The molecule has 3 amide bonds. The van der Waals surface area contributed by atoms with Crippen LogP contribution < -0.4 is 10.1 Å². The molecule has 1 aliphatic carbocycles. The SMILES string of the molecule is CC(C)C[C@@H](NC(=O)c1ccccc1OCc1noc(C(C)(C)C)n1)C(=O)N1CCC[C@@H]1C(=O)N1CCN(CC2CCCCC2)CC1. The molecule has 1 saturated carbocycles. The number of benzene rings is 1. The van der Waals surface area contributed by atoms with Crippen molar-refractivity contribution in [2.75, 3.05) is 39.3 Å². The zero-order valence-electron chi connectivity index (χ0n) is 29.0. The number of nitrogens with one attached hydrogen (secondary N) is 1. The summed E-state index contributed by atoms with van der Waals surface area (Å²) in [5.74, 6) is 1.63. The molecule has 3 heterocycles. The first-order valence-electron chi connectivity index (χ1n) is 17.7. The van der Waals surface area contributed by atoms with E-state index >= 15 is 0 Å². The van der Waals surface area contributed by atoms with Gasteiger partial charge in [-0.25, -0.2) is 0 Å². The molecule has 0 bridgehead atoms. The molecule has 47 heavy (non-hydrogen) atoms. The summed E-state index contributed by atoms with van der Waals surface area (Å²) in [6.45, 7) is 14.9. The maximum absolute atomic E-state index is 14.1. The summed E-state index contributed by atoms with van der Waals surface area (Å²) in [6, 6.07) is 5.69. The van der Waals surface area contributed by atoms with E-state index in [0.29, 0.717) is 55.5 Å². The number of carbonyl (C=O) groups excluding carboxylic acids is 3. The maximum atomic E-state index is 14.1. The molecular weight excluding hydrogens is 596 g/mol. The Morgan fingerprint density at radius 3 is 2.38 bits per heavy atom. The van der Waals surface area contributed by atoms with Crippen molar-refractivity contribution in [2.45, 2.75) is 110 Å². The lowest BCUT2D eigenvalue weighted by atomic mass is 9.89. The Hall–Kier alpha value is -3.47. The third kappa shape index (κ3) is 9.12. The quantitative estimate of drug-likeness (QED) is 0.368. The van der Waals surface area contributed by atoms with Crippen LogP contribution in [0.25, 0.3) is 0 Å². The van der Waals surface area contributed by atoms with Crippen LogP contribution in [-0.2, 0) is 21.6 Å². The zero-order chi connectivity index (χ0) is 33.6. The Balaban J connectivity index is 1.20. The average molecular weight is 651 g/mol. The van der Waals surface area contributed by atoms with Crippen molar-refractivity contribution >= 4 is 17.7 Å². The van der Waals surface area contributed by atoms with Gasteiger partial charge in [-0.1, -0.05) is 71.2 Å². The number of hydrogen-bond donors (Lipinski definition) is 1. The van der Waals surface area contributed by atoms with Gasteiger partial charge in [0.2, 0.25) is 23.5 Å². The van der Waals surface area contributed by atoms with E-state index in [2.05, 4.69) is 20.4 Å². The predicted molar refractivity (Wildman–Crippen MR) is 179 cm³/mol. The van der Waals surface area contributed by atoms with Gasteiger partial charge in [0.25, 0.3) is 5.91 Å². The highest BCUT2D eigenvalue weighted by atomic mass is 16.5. The molecule has 0 radical (unpaired) electrons. The van der Waals surface area contributed by atoms with Gasteiger partial charge in [-0.05, 0) is 56.1 Å². The summed E-state index contributed by atoms with van der Waals surface area (Å²) < 4.78 is 11.3. The Bertz CT molecular complexity index is 1360. The van der Waals surface area contributed by atoms with E-state index in [1.54, 1.807) is 29.2 Å².